The van der Waals surface area contributed by atoms with E-state index in [4.69, 9.17) is 0 Å². The number of fused-ring (bicyclic) bond motifs is 1. The van der Waals surface area contributed by atoms with E-state index in [1.54, 1.807) is 0 Å². The fourth-order valence-electron chi connectivity index (χ4n) is 3.54. The third-order valence-electron chi connectivity index (χ3n) is 4.86. The lowest BCUT2D eigenvalue weighted by Gasteiger charge is -2.46. The largest absolute Gasteiger partial charge is 0.312 e. The smallest absolute Gasteiger partial charge is 0.0243 e. The standard InChI is InChI=1S/C16H33N3/c1-5-17-15(16(2,3)4)13-18-10-11-19-9-7-6-8-14(19)12-18/h14-15,17H,5-13H2,1-4H3. The van der Waals surface area contributed by atoms with Crippen LogP contribution in [0.5, 0.6) is 0 Å². The Morgan fingerprint density at radius 2 is 1.95 bits per heavy atom. The monoisotopic (exact) mass is 267 g/mol. The molecule has 0 bridgehead atoms. The van der Waals surface area contributed by atoms with E-state index in [9.17, 15) is 0 Å². The second kappa shape index (κ2) is 6.55. The molecule has 2 aliphatic rings. The van der Waals surface area contributed by atoms with Gasteiger partial charge in [0.1, 0.15) is 0 Å². The lowest BCUT2D eigenvalue weighted by atomic mass is 9.86. The number of rotatable bonds is 4. The van der Waals surface area contributed by atoms with E-state index in [1.807, 2.05) is 0 Å². The van der Waals surface area contributed by atoms with Crippen LogP contribution in [0.2, 0.25) is 0 Å². The first-order valence-corrected chi connectivity index (χ1v) is 8.20. The van der Waals surface area contributed by atoms with Crippen molar-refractivity contribution in [2.24, 2.45) is 5.41 Å². The second-order valence-electron chi connectivity index (χ2n) is 7.42. The van der Waals surface area contributed by atoms with E-state index in [2.05, 4.69) is 42.8 Å². The van der Waals surface area contributed by atoms with Gasteiger partial charge in [0.15, 0.2) is 0 Å². The van der Waals surface area contributed by atoms with Crippen molar-refractivity contribution in [1.29, 1.82) is 0 Å². The first kappa shape index (κ1) is 15.3. The number of likely N-dealkylation sites (N-methyl/N-ethyl adjacent to an activating group) is 1. The summed E-state index contributed by atoms with van der Waals surface area (Å²) < 4.78 is 0. The molecular formula is C16H33N3. The summed E-state index contributed by atoms with van der Waals surface area (Å²) in [5.41, 5.74) is 0.347. The van der Waals surface area contributed by atoms with Crippen LogP contribution in [0.3, 0.4) is 0 Å². The Hall–Kier alpha value is -0.120. The summed E-state index contributed by atoms with van der Waals surface area (Å²) in [4.78, 5) is 5.42. The summed E-state index contributed by atoms with van der Waals surface area (Å²) in [5.74, 6) is 0. The zero-order valence-corrected chi connectivity index (χ0v) is 13.4. The van der Waals surface area contributed by atoms with Gasteiger partial charge in [-0.3, -0.25) is 9.80 Å². The molecule has 1 N–H and O–H groups in total. The summed E-state index contributed by atoms with van der Waals surface area (Å²) in [6.45, 7) is 16.8. The normalized spacial score (nSPS) is 28.1. The third-order valence-corrected chi connectivity index (χ3v) is 4.86. The number of nitrogens with zero attached hydrogens (tertiary/aromatic N) is 2. The molecule has 2 atom stereocenters. The van der Waals surface area contributed by atoms with Gasteiger partial charge in [0.05, 0.1) is 0 Å². The van der Waals surface area contributed by atoms with Crippen LogP contribution in [0.4, 0.5) is 0 Å². The van der Waals surface area contributed by atoms with Gasteiger partial charge in [-0.25, -0.2) is 0 Å². The van der Waals surface area contributed by atoms with Gasteiger partial charge in [-0.2, -0.15) is 0 Å². The van der Waals surface area contributed by atoms with Crippen LogP contribution < -0.4 is 5.32 Å². The van der Waals surface area contributed by atoms with Crippen molar-refractivity contribution < 1.29 is 0 Å². The van der Waals surface area contributed by atoms with Gasteiger partial charge in [0, 0.05) is 38.3 Å². The minimum Gasteiger partial charge on any atom is -0.312 e. The maximum atomic E-state index is 3.69. The van der Waals surface area contributed by atoms with Gasteiger partial charge in [0.25, 0.3) is 0 Å². The van der Waals surface area contributed by atoms with Crippen molar-refractivity contribution in [3.63, 3.8) is 0 Å². The highest BCUT2D eigenvalue weighted by molar-refractivity contribution is 4.89. The van der Waals surface area contributed by atoms with Gasteiger partial charge in [-0.1, -0.05) is 34.1 Å². The molecule has 3 heteroatoms. The molecule has 0 radical (unpaired) electrons. The zero-order valence-electron chi connectivity index (χ0n) is 13.4. The Kier molecular flexibility index (Phi) is 5.27. The SMILES string of the molecule is CCNC(CN1CCN2CCCCC2C1)C(C)(C)C. The maximum Gasteiger partial charge on any atom is 0.0243 e. The Bertz CT molecular complexity index is 272. The van der Waals surface area contributed by atoms with Crippen molar-refractivity contribution in [3.05, 3.63) is 0 Å². The molecule has 2 aliphatic heterocycles. The van der Waals surface area contributed by atoms with Crippen molar-refractivity contribution in [3.8, 4) is 0 Å². The highest BCUT2D eigenvalue weighted by Crippen LogP contribution is 2.24. The fraction of sp³-hybridized carbons (Fsp3) is 1.00. The molecule has 0 aromatic heterocycles. The molecule has 2 unspecified atom stereocenters. The summed E-state index contributed by atoms with van der Waals surface area (Å²) in [7, 11) is 0. The molecule has 2 rings (SSSR count). The summed E-state index contributed by atoms with van der Waals surface area (Å²) >= 11 is 0. The number of hydrogen-bond donors (Lipinski definition) is 1. The molecule has 112 valence electrons. The average molecular weight is 267 g/mol. The van der Waals surface area contributed by atoms with Crippen molar-refractivity contribution in [1.82, 2.24) is 15.1 Å². The van der Waals surface area contributed by atoms with E-state index < -0.39 is 0 Å². The Labute approximate surface area is 119 Å². The molecule has 0 aliphatic carbocycles. The third kappa shape index (κ3) is 4.17. The lowest BCUT2D eigenvalue weighted by Crippen LogP contribution is -2.58. The lowest BCUT2D eigenvalue weighted by molar-refractivity contribution is 0.0369. The number of nitrogens with one attached hydrogen (secondary N) is 1. The van der Waals surface area contributed by atoms with E-state index in [0.717, 1.165) is 12.6 Å². The van der Waals surface area contributed by atoms with Gasteiger partial charge < -0.3 is 5.32 Å². The molecule has 3 nitrogen and oxygen atoms in total. The minimum absolute atomic E-state index is 0.347. The van der Waals surface area contributed by atoms with Crippen LogP contribution in [-0.2, 0) is 0 Å². The second-order valence-corrected chi connectivity index (χ2v) is 7.42. The Morgan fingerprint density at radius 3 is 2.63 bits per heavy atom. The molecule has 0 spiro atoms. The summed E-state index contributed by atoms with van der Waals surface area (Å²) in [6, 6.07) is 1.44. The average Bonchev–Trinajstić information content (AvgIpc) is 2.37. The van der Waals surface area contributed by atoms with Gasteiger partial charge in [0.2, 0.25) is 0 Å². The maximum absolute atomic E-state index is 3.69. The summed E-state index contributed by atoms with van der Waals surface area (Å²) in [5, 5.41) is 3.69. The Balaban J connectivity index is 1.87. The fourth-order valence-corrected chi connectivity index (χ4v) is 3.54. The Morgan fingerprint density at radius 1 is 1.16 bits per heavy atom. The number of hydrogen-bond acceptors (Lipinski definition) is 3. The van der Waals surface area contributed by atoms with Crippen LogP contribution in [-0.4, -0.2) is 61.2 Å². The zero-order chi connectivity index (χ0) is 13.9. The molecule has 2 fully saturated rings. The molecule has 0 amide bonds. The van der Waals surface area contributed by atoms with E-state index in [-0.39, 0.29) is 0 Å². The number of piperidine rings is 1. The molecule has 0 aromatic carbocycles. The summed E-state index contributed by atoms with van der Waals surface area (Å²) in [6.07, 6.45) is 4.27. The quantitative estimate of drug-likeness (QED) is 0.842. The highest BCUT2D eigenvalue weighted by Gasteiger charge is 2.32. The van der Waals surface area contributed by atoms with Crippen LogP contribution in [0.1, 0.15) is 47.0 Å². The van der Waals surface area contributed by atoms with Crippen LogP contribution in [0, 0.1) is 5.41 Å². The topological polar surface area (TPSA) is 18.5 Å². The van der Waals surface area contributed by atoms with E-state index in [1.165, 1.54) is 52.0 Å². The minimum atomic E-state index is 0.347. The van der Waals surface area contributed by atoms with Crippen molar-refractivity contribution in [2.45, 2.75) is 59.0 Å². The molecular weight excluding hydrogens is 234 g/mol. The molecule has 0 aromatic rings. The van der Waals surface area contributed by atoms with Crippen LogP contribution >= 0.6 is 0 Å². The van der Waals surface area contributed by atoms with Gasteiger partial charge >= 0.3 is 0 Å². The van der Waals surface area contributed by atoms with E-state index in [0.29, 0.717) is 11.5 Å². The van der Waals surface area contributed by atoms with Crippen molar-refractivity contribution >= 4 is 0 Å². The first-order valence-electron chi connectivity index (χ1n) is 8.20. The molecule has 19 heavy (non-hydrogen) atoms. The first-order chi connectivity index (χ1) is 9.00. The van der Waals surface area contributed by atoms with Crippen LogP contribution in [0.15, 0.2) is 0 Å². The molecule has 0 saturated carbocycles. The van der Waals surface area contributed by atoms with Crippen LogP contribution in [0.25, 0.3) is 0 Å². The van der Waals surface area contributed by atoms with Gasteiger partial charge in [-0.05, 0) is 31.3 Å². The molecule has 2 heterocycles. The van der Waals surface area contributed by atoms with Crippen molar-refractivity contribution in [2.75, 3.05) is 39.3 Å². The van der Waals surface area contributed by atoms with E-state index >= 15 is 0 Å². The predicted molar refractivity (Wildman–Crippen MR) is 82.6 cm³/mol. The highest BCUT2D eigenvalue weighted by atomic mass is 15.3. The van der Waals surface area contributed by atoms with Gasteiger partial charge in [-0.15, -0.1) is 0 Å². The predicted octanol–water partition coefficient (Wildman–Crippen LogP) is 2.18. The number of piperazine rings is 1. The molecule has 2 saturated heterocycles.